The molecule has 0 aromatic heterocycles. The SMILES string of the molecule is O=C([O-])OOOC(=O)[O-]. The van der Waals surface area contributed by atoms with Crippen LogP contribution in [-0.2, 0) is 14.8 Å². The fraction of sp³-hybridized carbons (Fsp3) is 0. The highest BCUT2D eigenvalue weighted by atomic mass is 17.5. The van der Waals surface area contributed by atoms with E-state index >= 15 is 0 Å². The highest BCUT2D eigenvalue weighted by molar-refractivity contribution is 5.54. The molecule has 0 aliphatic heterocycles. The van der Waals surface area contributed by atoms with Crippen LogP contribution in [0, 0.1) is 0 Å². The van der Waals surface area contributed by atoms with E-state index in [-0.39, 0.29) is 0 Å². The van der Waals surface area contributed by atoms with Gasteiger partial charge in [0, 0.05) is 0 Å². The Morgan fingerprint density at radius 1 is 1.00 bits per heavy atom. The lowest BCUT2D eigenvalue weighted by Crippen LogP contribution is -2.28. The largest absolute Gasteiger partial charge is 0.424 e. The summed E-state index contributed by atoms with van der Waals surface area (Å²) in [7, 11) is 0. The van der Waals surface area contributed by atoms with Gasteiger partial charge in [-0.2, -0.15) is 0 Å². The van der Waals surface area contributed by atoms with Crippen molar-refractivity contribution in [2.45, 2.75) is 0 Å². The fourth-order valence-corrected chi connectivity index (χ4v) is 0.0726. The van der Waals surface area contributed by atoms with Gasteiger partial charge in [-0.05, 0) is 0 Å². The van der Waals surface area contributed by atoms with E-state index in [1.54, 1.807) is 0 Å². The first-order valence-electron chi connectivity index (χ1n) is 1.56. The van der Waals surface area contributed by atoms with Crippen molar-refractivity contribution in [1.29, 1.82) is 0 Å². The molecule has 0 saturated carbocycles. The Morgan fingerprint density at radius 3 is 1.56 bits per heavy atom. The minimum absolute atomic E-state index is 2.07. The molecule has 0 fully saturated rings. The molecule has 0 bridgehead atoms. The predicted molar refractivity (Wildman–Crippen MR) is 14.0 cm³/mol. The second-order valence-electron chi connectivity index (χ2n) is 0.735. The van der Waals surface area contributed by atoms with Crippen molar-refractivity contribution in [3.63, 3.8) is 0 Å². The van der Waals surface area contributed by atoms with E-state index in [0.717, 1.165) is 0 Å². The van der Waals surface area contributed by atoms with E-state index in [4.69, 9.17) is 0 Å². The first kappa shape index (κ1) is 7.50. The molecule has 52 valence electrons. The van der Waals surface area contributed by atoms with Crippen molar-refractivity contribution in [1.82, 2.24) is 0 Å². The van der Waals surface area contributed by atoms with Gasteiger partial charge in [0.25, 0.3) is 12.3 Å². The lowest BCUT2D eigenvalue weighted by molar-refractivity contribution is -0.505. The standard InChI is InChI=1S/C2H2O7/c3-1(4)7-9-8-2(5)6/h(H,3,4)(H,5,6)/p-2. The second kappa shape index (κ2) is 3.50. The van der Waals surface area contributed by atoms with Crippen LogP contribution in [0.4, 0.5) is 9.59 Å². The highest BCUT2D eigenvalue weighted by Crippen LogP contribution is 1.77. The number of hydrogen-bond acceptors (Lipinski definition) is 7. The predicted octanol–water partition coefficient (Wildman–Crippen LogP) is -2.45. The van der Waals surface area contributed by atoms with Crippen LogP contribution in [0.25, 0.3) is 0 Å². The summed E-state index contributed by atoms with van der Waals surface area (Å²) in [6, 6.07) is 0. The summed E-state index contributed by atoms with van der Waals surface area (Å²) in [4.78, 5) is 24.5. The van der Waals surface area contributed by atoms with Crippen molar-refractivity contribution in [3.8, 4) is 0 Å². The molecule has 0 unspecified atom stereocenters. The maximum Gasteiger partial charge on any atom is 0.281 e. The maximum atomic E-state index is 9.23. The van der Waals surface area contributed by atoms with Crippen molar-refractivity contribution < 1.29 is 34.6 Å². The van der Waals surface area contributed by atoms with Gasteiger partial charge in [0.05, 0.1) is 0 Å². The quantitative estimate of drug-likeness (QED) is 0.306. The van der Waals surface area contributed by atoms with Gasteiger partial charge >= 0.3 is 0 Å². The zero-order valence-electron chi connectivity index (χ0n) is 3.86. The summed E-state index contributed by atoms with van der Waals surface area (Å²) in [5.74, 6) is 0. The topological polar surface area (TPSA) is 108 Å². The Kier molecular flexibility index (Phi) is 2.91. The molecule has 0 spiro atoms. The summed E-state index contributed by atoms with van der Waals surface area (Å²) in [6.07, 6.45) is -4.15. The third-order valence-electron chi connectivity index (χ3n) is 0.204. The number of carbonyl (C=O) groups is 2. The van der Waals surface area contributed by atoms with Gasteiger partial charge in [0.15, 0.2) is 0 Å². The molecule has 7 heteroatoms. The number of hydrogen-bond donors (Lipinski definition) is 0. The molecule has 0 aliphatic carbocycles. The molecule has 0 atom stereocenters. The van der Waals surface area contributed by atoms with E-state index in [1.807, 2.05) is 0 Å². The Bertz CT molecular complexity index is 102. The molecule has 7 nitrogen and oxygen atoms in total. The minimum Gasteiger partial charge on any atom is -0.424 e. The van der Waals surface area contributed by atoms with Crippen LogP contribution in [0.5, 0.6) is 0 Å². The van der Waals surface area contributed by atoms with Gasteiger partial charge in [-0.3, -0.25) is 0 Å². The van der Waals surface area contributed by atoms with Crippen LogP contribution >= 0.6 is 0 Å². The van der Waals surface area contributed by atoms with E-state index in [2.05, 4.69) is 14.8 Å². The summed E-state index contributed by atoms with van der Waals surface area (Å²) >= 11 is 0. The van der Waals surface area contributed by atoms with E-state index < -0.39 is 12.3 Å². The van der Waals surface area contributed by atoms with Crippen LogP contribution in [-0.4, -0.2) is 12.3 Å². The van der Waals surface area contributed by atoms with Gasteiger partial charge in [0.1, 0.15) is 0 Å². The summed E-state index contributed by atoms with van der Waals surface area (Å²) in [5.41, 5.74) is 0. The van der Waals surface area contributed by atoms with Crippen LogP contribution in [0.15, 0.2) is 0 Å². The van der Waals surface area contributed by atoms with Gasteiger partial charge in [-0.25, -0.2) is 0 Å². The number of rotatable bonds is 2. The van der Waals surface area contributed by atoms with Crippen molar-refractivity contribution in [2.24, 2.45) is 0 Å². The molecule has 0 aliphatic rings. The lowest BCUT2D eigenvalue weighted by Gasteiger charge is -2.08. The van der Waals surface area contributed by atoms with Crippen molar-refractivity contribution in [2.75, 3.05) is 0 Å². The number of carboxylic acid groups (broad SMARTS) is 2. The molecule has 0 amide bonds. The smallest absolute Gasteiger partial charge is 0.281 e. The first-order valence-corrected chi connectivity index (χ1v) is 1.56. The third kappa shape index (κ3) is 6.50. The van der Waals surface area contributed by atoms with E-state index in [0.29, 0.717) is 0 Å². The molecular weight excluding hydrogens is 136 g/mol. The summed E-state index contributed by atoms with van der Waals surface area (Å²) in [5, 5.41) is 21.5. The lowest BCUT2D eigenvalue weighted by atomic mass is 11.4. The first-order chi connectivity index (χ1) is 4.13. The zero-order chi connectivity index (χ0) is 7.28. The average molecular weight is 136 g/mol. The summed E-state index contributed by atoms with van der Waals surface area (Å²) < 4.78 is 0. The Morgan fingerprint density at radius 2 is 1.33 bits per heavy atom. The van der Waals surface area contributed by atoms with E-state index in [1.165, 1.54) is 0 Å². The highest BCUT2D eigenvalue weighted by Gasteiger charge is 1.82. The van der Waals surface area contributed by atoms with Gasteiger partial charge < -0.3 is 29.6 Å². The molecule has 0 saturated heterocycles. The van der Waals surface area contributed by atoms with Crippen LogP contribution in [0.1, 0.15) is 0 Å². The monoisotopic (exact) mass is 136 g/mol. The van der Waals surface area contributed by atoms with Crippen LogP contribution in [0.3, 0.4) is 0 Å². The van der Waals surface area contributed by atoms with Gasteiger partial charge in [0.2, 0.25) is 0 Å². The molecule has 0 heterocycles. The molecule has 0 N–H and O–H groups in total. The number of carbonyl (C=O) groups excluding carboxylic acids is 2. The van der Waals surface area contributed by atoms with Gasteiger partial charge in [-0.1, -0.05) is 0 Å². The molecule has 9 heavy (non-hydrogen) atoms. The maximum absolute atomic E-state index is 9.23. The molecule has 0 aromatic rings. The fourth-order valence-electron chi connectivity index (χ4n) is 0.0726. The third-order valence-corrected chi connectivity index (χ3v) is 0.204. The second-order valence-corrected chi connectivity index (χ2v) is 0.735. The minimum atomic E-state index is -2.07. The van der Waals surface area contributed by atoms with Crippen LogP contribution < -0.4 is 10.2 Å². The molecule has 0 radical (unpaired) electrons. The Hall–Kier alpha value is -1.50. The van der Waals surface area contributed by atoms with Crippen LogP contribution in [0.2, 0.25) is 0 Å². The summed E-state index contributed by atoms with van der Waals surface area (Å²) in [6.45, 7) is 0. The molecule has 0 rings (SSSR count). The Balaban J connectivity index is 3.10. The zero-order valence-corrected chi connectivity index (χ0v) is 3.86. The molecule has 0 aromatic carbocycles. The van der Waals surface area contributed by atoms with E-state index in [9.17, 15) is 19.8 Å². The van der Waals surface area contributed by atoms with Crippen molar-refractivity contribution >= 4 is 12.3 Å². The Labute approximate surface area is 48.2 Å². The van der Waals surface area contributed by atoms with Crippen molar-refractivity contribution in [3.05, 3.63) is 0 Å². The normalized spacial score (nSPS) is 8.00. The molecular formula is C2O7-2. The van der Waals surface area contributed by atoms with Gasteiger partial charge in [-0.15, -0.1) is 5.04 Å². The average Bonchev–Trinajstić information content (AvgIpc) is 1.63.